The number of fused-ring (bicyclic) bond motifs is 1. The molecule has 0 aliphatic carbocycles. The Labute approximate surface area is 228 Å². The maximum absolute atomic E-state index is 14.3. The van der Waals surface area contributed by atoms with Crippen LogP contribution in [-0.4, -0.2) is 29.1 Å². The Morgan fingerprint density at radius 2 is 1.62 bits per heavy atom. The van der Waals surface area contributed by atoms with Crippen LogP contribution in [-0.2, 0) is 36.1 Å². The van der Waals surface area contributed by atoms with Crippen LogP contribution in [0.1, 0.15) is 49.4 Å². The summed E-state index contributed by atoms with van der Waals surface area (Å²) in [5, 5.41) is 0. The maximum atomic E-state index is 14.3. The van der Waals surface area contributed by atoms with E-state index in [1.54, 1.807) is 23.1 Å². The van der Waals surface area contributed by atoms with E-state index in [9.17, 15) is 9.36 Å². The molecule has 0 aromatic heterocycles. The number of carbonyl (C=O) groups excluding carboxylic acids is 1. The fraction of sp³-hybridized carbons (Fsp3) is 0.333. The average molecular weight is 547 g/mol. The van der Waals surface area contributed by atoms with Crippen molar-refractivity contribution in [1.82, 2.24) is 4.90 Å². The number of hydrogen-bond donors (Lipinski definition) is 0. The molecule has 3 aromatic rings. The molecule has 0 unspecified atom stereocenters. The van der Waals surface area contributed by atoms with E-state index in [-0.39, 0.29) is 19.1 Å². The summed E-state index contributed by atoms with van der Waals surface area (Å²) >= 11 is 0. The predicted octanol–water partition coefficient (Wildman–Crippen LogP) is 7.00. The van der Waals surface area contributed by atoms with E-state index in [1.165, 1.54) is 0 Å². The Morgan fingerprint density at radius 3 is 2.15 bits per heavy atom. The highest BCUT2D eigenvalue weighted by molar-refractivity contribution is 7.48. The van der Waals surface area contributed by atoms with Crippen molar-refractivity contribution >= 4 is 19.4 Å². The van der Waals surface area contributed by atoms with Crippen molar-refractivity contribution in [2.45, 2.75) is 57.6 Å². The smallest absolute Gasteiger partial charge is 0.475 e. The number of benzene rings is 3. The Morgan fingerprint density at radius 1 is 1.00 bits per heavy atom. The molecule has 39 heavy (non-hydrogen) atoms. The van der Waals surface area contributed by atoms with Crippen molar-refractivity contribution in [1.29, 1.82) is 0 Å². The quantitative estimate of drug-likeness (QED) is 0.212. The Kier molecular flexibility index (Phi) is 7.88. The summed E-state index contributed by atoms with van der Waals surface area (Å²) in [4.78, 5) is 18.3. The van der Waals surface area contributed by atoms with E-state index < -0.39 is 25.6 Å². The van der Waals surface area contributed by atoms with Gasteiger partial charge in [-0.15, -0.1) is 0 Å². The zero-order valence-corrected chi connectivity index (χ0v) is 22.9. The lowest BCUT2D eigenvalue weighted by molar-refractivity contribution is -0.139. The zero-order valence-electron chi connectivity index (χ0n) is 22.0. The molecule has 0 N–H and O–H groups in total. The molecule has 1 saturated heterocycles. The molecule has 2 aliphatic heterocycles. The third-order valence-corrected chi connectivity index (χ3v) is 8.31. The summed E-state index contributed by atoms with van der Waals surface area (Å²) in [7, 11) is -4.21. The normalized spacial score (nSPS) is 20.2. The van der Waals surface area contributed by atoms with Crippen LogP contribution in [0, 0.1) is 6.57 Å². The van der Waals surface area contributed by atoms with Crippen LogP contribution in [0.25, 0.3) is 4.85 Å². The highest BCUT2D eigenvalue weighted by atomic mass is 31.2. The molecule has 1 fully saturated rings. The molecule has 3 aromatic carbocycles. The number of carbonyl (C=O) groups is 1. The van der Waals surface area contributed by atoms with Crippen LogP contribution in [0.4, 0.5) is 5.69 Å². The summed E-state index contributed by atoms with van der Waals surface area (Å²) in [6.45, 7) is 11.7. The van der Waals surface area contributed by atoms with Gasteiger partial charge in [-0.2, -0.15) is 0 Å². The van der Waals surface area contributed by atoms with Crippen molar-refractivity contribution in [2.75, 3.05) is 6.54 Å². The Hall–Kier alpha value is -3.47. The van der Waals surface area contributed by atoms with Crippen molar-refractivity contribution < 1.29 is 27.7 Å². The van der Waals surface area contributed by atoms with Gasteiger partial charge in [0.25, 0.3) is 0 Å². The van der Waals surface area contributed by atoms with E-state index in [2.05, 4.69) is 4.85 Å². The van der Waals surface area contributed by atoms with Crippen molar-refractivity contribution in [3.05, 3.63) is 107 Å². The van der Waals surface area contributed by atoms with Gasteiger partial charge in [-0.25, -0.2) is 9.41 Å². The number of phosphoric ester groups is 1. The van der Waals surface area contributed by atoms with E-state index in [1.807, 2.05) is 74.5 Å². The number of nitrogens with zero attached hydrogens (tertiary/aromatic N) is 2. The molecule has 1 amide bonds. The molecule has 0 radical (unpaired) electrons. The summed E-state index contributed by atoms with van der Waals surface area (Å²) < 4.78 is 38.8. The highest BCUT2D eigenvalue weighted by Gasteiger charge is 2.52. The molecule has 5 rings (SSSR count). The molecule has 9 heteroatoms. The molecular formula is C30H31N2O6P. The Balaban J connectivity index is 1.51. The number of likely N-dealkylation sites (tertiary alicyclic amines) is 1. The molecule has 0 bridgehead atoms. The first-order valence-electron chi connectivity index (χ1n) is 12.9. The first kappa shape index (κ1) is 27.1. The van der Waals surface area contributed by atoms with Gasteiger partial charge in [0.15, 0.2) is 5.69 Å². The van der Waals surface area contributed by atoms with Crippen LogP contribution in [0.15, 0.2) is 78.9 Å². The predicted molar refractivity (Wildman–Crippen MR) is 146 cm³/mol. The third kappa shape index (κ3) is 6.08. The standard InChI is InChI=1S/C30H31N2O6P/c1-30(2)29(28(32-18-10-15-27(32)33)25-19-24(31-3)16-17-26(25)37-30)38-39(34,35-20-22-11-6-4-7-12-22)36-21-23-13-8-5-9-14-23/h4-9,11-14,16-17,19,28-29H,10,15,18,20-21H2,1-2H3/t28-,29+/m0/s1. The lowest BCUT2D eigenvalue weighted by atomic mass is 9.85. The number of hydrogen-bond acceptors (Lipinski definition) is 6. The summed E-state index contributed by atoms with van der Waals surface area (Å²) in [5.41, 5.74) is 1.66. The van der Waals surface area contributed by atoms with Crippen molar-refractivity contribution in [2.24, 2.45) is 0 Å². The fourth-order valence-electron chi connectivity index (χ4n) is 4.99. The molecule has 202 valence electrons. The number of rotatable bonds is 9. The molecular weight excluding hydrogens is 515 g/mol. The monoisotopic (exact) mass is 546 g/mol. The van der Waals surface area contributed by atoms with Crippen molar-refractivity contribution in [3.8, 4) is 5.75 Å². The summed E-state index contributed by atoms with van der Waals surface area (Å²) in [5.74, 6) is 0.526. The van der Waals surface area contributed by atoms with Crippen molar-refractivity contribution in [3.63, 3.8) is 0 Å². The van der Waals surface area contributed by atoms with Crippen LogP contribution >= 0.6 is 7.82 Å². The second-order valence-corrected chi connectivity index (χ2v) is 11.8. The van der Waals surface area contributed by atoms with Crippen LogP contribution in [0.5, 0.6) is 5.75 Å². The van der Waals surface area contributed by atoms with Gasteiger partial charge < -0.3 is 9.64 Å². The minimum atomic E-state index is -4.21. The van der Waals surface area contributed by atoms with Gasteiger partial charge in [0.1, 0.15) is 17.5 Å². The van der Waals surface area contributed by atoms with Gasteiger partial charge in [0, 0.05) is 18.5 Å². The second kappa shape index (κ2) is 11.3. The first-order chi connectivity index (χ1) is 18.8. The largest absolute Gasteiger partial charge is 0.485 e. The third-order valence-electron chi connectivity index (χ3n) is 6.94. The minimum Gasteiger partial charge on any atom is -0.485 e. The topological polar surface area (TPSA) is 78.7 Å². The summed E-state index contributed by atoms with van der Waals surface area (Å²) in [6.07, 6.45) is 0.202. The lowest BCUT2D eigenvalue weighted by Crippen LogP contribution is -2.54. The van der Waals surface area contributed by atoms with Crippen LogP contribution in [0.2, 0.25) is 0 Å². The minimum absolute atomic E-state index is 0.00663. The number of amides is 1. The SMILES string of the molecule is [C-]#[N+]c1ccc2c(c1)[C@H](N1CCCC1=O)[C@@H](OP(=O)(OCc1ccccc1)OCc1ccccc1)C(C)(C)O2. The molecule has 2 atom stereocenters. The molecule has 8 nitrogen and oxygen atoms in total. The van der Waals surface area contributed by atoms with Gasteiger partial charge in [-0.3, -0.25) is 18.4 Å². The van der Waals surface area contributed by atoms with Gasteiger partial charge in [0.2, 0.25) is 5.91 Å². The van der Waals surface area contributed by atoms with Crippen LogP contribution in [0.3, 0.4) is 0 Å². The van der Waals surface area contributed by atoms with Gasteiger partial charge in [-0.05, 0) is 43.5 Å². The number of ether oxygens (including phenoxy) is 1. The lowest BCUT2D eigenvalue weighted by Gasteiger charge is -2.47. The van der Waals surface area contributed by atoms with E-state index >= 15 is 0 Å². The van der Waals surface area contributed by atoms with Gasteiger partial charge >= 0.3 is 7.82 Å². The summed E-state index contributed by atoms with van der Waals surface area (Å²) in [6, 6.07) is 23.2. The highest BCUT2D eigenvalue weighted by Crippen LogP contribution is 2.57. The fourth-order valence-corrected chi connectivity index (χ4v) is 6.44. The molecule has 2 heterocycles. The maximum Gasteiger partial charge on any atom is 0.475 e. The van der Waals surface area contributed by atoms with E-state index in [0.717, 1.165) is 11.1 Å². The Bertz CT molecular complexity index is 1360. The van der Waals surface area contributed by atoms with Crippen LogP contribution < -0.4 is 4.74 Å². The van der Waals surface area contributed by atoms with E-state index in [0.29, 0.717) is 36.4 Å². The zero-order chi connectivity index (χ0) is 27.5. The average Bonchev–Trinajstić information content (AvgIpc) is 3.37. The molecule has 0 spiro atoms. The van der Waals surface area contributed by atoms with Gasteiger partial charge in [0.05, 0.1) is 25.8 Å². The van der Waals surface area contributed by atoms with Gasteiger partial charge in [-0.1, -0.05) is 66.7 Å². The molecule has 2 aliphatic rings. The van der Waals surface area contributed by atoms with E-state index in [4.69, 9.17) is 24.9 Å². The number of phosphoric acid groups is 1. The second-order valence-electron chi connectivity index (χ2n) is 10.2. The first-order valence-corrected chi connectivity index (χ1v) is 14.4. The molecule has 0 saturated carbocycles.